The summed E-state index contributed by atoms with van der Waals surface area (Å²) in [5.74, 6) is 0.518. The normalized spacial score (nSPS) is 14.8. The predicted molar refractivity (Wildman–Crippen MR) is 98.2 cm³/mol. The van der Waals surface area contributed by atoms with Crippen molar-refractivity contribution in [1.82, 2.24) is 20.2 Å². The SMILES string of the molecule is NC1(C(=O)Nc2ccc(CCn3nnc(-c4ccccc4)n3)cc2)CC1. The topological polar surface area (TPSA) is 98.7 Å². The number of benzene rings is 2. The first-order valence-electron chi connectivity index (χ1n) is 8.65. The van der Waals surface area contributed by atoms with Gasteiger partial charge in [0.25, 0.3) is 0 Å². The minimum Gasteiger partial charge on any atom is -0.324 e. The number of amides is 1. The summed E-state index contributed by atoms with van der Waals surface area (Å²) in [6.45, 7) is 0.636. The summed E-state index contributed by atoms with van der Waals surface area (Å²) >= 11 is 0. The number of aryl methyl sites for hydroxylation is 2. The van der Waals surface area contributed by atoms with Gasteiger partial charge in [-0.2, -0.15) is 4.80 Å². The quantitative estimate of drug-likeness (QED) is 0.710. The lowest BCUT2D eigenvalue weighted by molar-refractivity contribution is -0.118. The molecule has 1 aliphatic rings. The number of carbonyl (C=O) groups is 1. The summed E-state index contributed by atoms with van der Waals surface area (Å²) in [5, 5.41) is 15.5. The molecule has 0 aliphatic heterocycles. The Bertz CT molecular complexity index is 899. The number of carbonyl (C=O) groups excluding carboxylic acids is 1. The molecule has 1 saturated carbocycles. The summed E-state index contributed by atoms with van der Waals surface area (Å²) in [4.78, 5) is 13.5. The fourth-order valence-electron chi connectivity index (χ4n) is 2.64. The third kappa shape index (κ3) is 3.62. The van der Waals surface area contributed by atoms with Crippen LogP contribution in [-0.2, 0) is 17.8 Å². The standard InChI is InChI=1S/C19H20N6O/c20-19(11-12-19)18(26)21-16-8-6-14(7-9-16)10-13-25-23-17(22-24-25)15-4-2-1-3-5-15/h1-9H,10-13,20H2,(H,21,26). The highest BCUT2D eigenvalue weighted by Crippen LogP contribution is 2.33. The smallest absolute Gasteiger partial charge is 0.244 e. The second-order valence-electron chi connectivity index (χ2n) is 6.63. The average molecular weight is 348 g/mol. The molecule has 1 heterocycles. The van der Waals surface area contributed by atoms with Gasteiger partial charge in [0.1, 0.15) is 0 Å². The van der Waals surface area contributed by atoms with Gasteiger partial charge >= 0.3 is 0 Å². The molecule has 0 bridgehead atoms. The van der Waals surface area contributed by atoms with Crippen LogP contribution in [0.4, 0.5) is 5.69 Å². The highest BCUT2D eigenvalue weighted by Gasteiger charge is 2.45. The molecule has 2 aromatic carbocycles. The molecule has 1 aliphatic carbocycles. The molecule has 7 nitrogen and oxygen atoms in total. The minimum atomic E-state index is -0.659. The molecule has 132 valence electrons. The fraction of sp³-hybridized carbons (Fsp3) is 0.263. The highest BCUT2D eigenvalue weighted by molar-refractivity contribution is 6.00. The fourth-order valence-corrected chi connectivity index (χ4v) is 2.64. The molecule has 1 amide bonds. The third-order valence-corrected chi connectivity index (χ3v) is 4.54. The van der Waals surface area contributed by atoms with E-state index >= 15 is 0 Å². The number of tetrazole rings is 1. The number of hydrogen-bond acceptors (Lipinski definition) is 5. The van der Waals surface area contributed by atoms with Crippen molar-refractivity contribution < 1.29 is 4.79 Å². The maximum Gasteiger partial charge on any atom is 0.244 e. The number of nitrogens with one attached hydrogen (secondary N) is 1. The Labute approximate surface area is 151 Å². The molecular weight excluding hydrogens is 328 g/mol. The van der Waals surface area contributed by atoms with Crippen LogP contribution in [0.1, 0.15) is 18.4 Å². The number of nitrogens with two attached hydrogens (primary N) is 1. The summed E-state index contributed by atoms with van der Waals surface area (Å²) in [6.07, 6.45) is 2.29. The van der Waals surface area contributed by atoms with Gasteiger partial charge in [0, 0.05) is 11.3 Å². The van der Waals surface area contributed by atoms with E-state index in [9.17, 15) is 4.79 Å². The first-order valence-corrected chi connectivity index (χ1v) is 8.65. The van der Waals surface area contributed by atoms with E-state index < -0.39 is 5.54 Å². The maximum absolute atomic E-state index is 11.9. The van der Waals surface area contributed by atoms with E-state index in [1.807, 2.05) is 54.6 Å². The molecular formula is C19H20N6O. The Morgan fingerprint density at radius 3 is 2.54 bits per heavy atom. The number of anilines is 1. The van der Waals surface area contributed by atoms with Crippen LogP contribution < -0.4 is 11.1 Å². The molecule has 4 rings (SSSR count). The van der Waals surface area contributed by atoms with Crippen molar-refractivity contribution in [3.63, 3.8) is 0 Å². The van der Waals surface area contributed by atoms with E-state index in [1.54, 1.807) is 4.80 Å². The van der Waals surface area contributed by atoms with Crippen LogP contribution in [0.25, 0.3) is 11.4 Å². The zero-order valence-corrected chi connectivity index (χ0v) is 14.3. The van der Waals surface area contributed by atoms with E-state index in [0.717, 1.165) is 36.1 Å². The van der Waals surface area contributed by atoms with E-state index in [-0.39, 0.29) is 5.91 Å². The second-order valence-corrected chi connectivity index (χ2v) is 6.63. The van der Waals surface area contributed by atoms with E-state index in [1.165, 1.54) is 0 Å². The molecule has 3 aromatic rings. The molecule has 26 heavy (non-hydrogen) atoms. The molecule has 0 atom stereocenters. The van der Waals surface area contributed by atoms with Crippen LogP contribution in [-0.4, -0.2) is 31.7 Å². The first kappa shape index (κ1) is 16.4. The molecule has 0 radical (unpaired) electrons. The van der Waals surface area contributed by atoms with Gasteiger partial charge in [0.15, 0.2) is 0 Å². The zero-order valence-electron chi connectivity index (χ0n) is 14.3. The molecule has 3 N–H and O–H groups in total. The van der Waals surface area contributed by atoms with E-state index in [2.05, 4.69) is 20.7 Å². The maximum atomic E-state index is 11.9. The largest absolute Gasteiger partial charge is 0.324 e. The number of hydrogen-bond donors (Lipinski definition) is 2. The van der Waals surface area contributed by atoms with Crippen molar-refractivity contribution in [3.8, 4) is 11.4 Å². The van der Waals surface area contributed by atoms with Gasteiger partial charge in [0.2, 0.25) is 11.7 Å². The van der Waals surface area contributed by atoms with Gasteiger partial charge in [-0.05, 0) is 42.2 Å². The monoisotopic (exact) mass is 348 g/mol. The van der Waals surface area contributed by atoms with Crippen molar-refractivity contribution in [1.29, 1.82) is 0 Å². The Morgan fingerprint density at radius 1 is 1.12 bits per heavy atom. The van der Waals surface area contributed by atoms with Crippen LogP contribution in [0.2, 0.25) is 0 Å². The molecule has 1 fully saturated rings. The molecule has 0 unspecified atom stereocenters. The van der Waals surface area contributed by atoms with Gasteiger partial charge in [0.05, 0.1) is 12.1 Å². The highest BCUT2D eigenvalue weighted by atomic mass is 16.2. The van der Waals surface area contributed by atoms with Crippen molar-refractivity contribution in [2.75, 3.05) is 5.32 Å². The lowest BCUT2D eigenvalue weighted by Crippen LogP contribution is -2.37. The van der Waals surface area contributed by atoms with Gasteiger partial charge in [-0.15, -0.1) is 10.2 Å². The lowest BCUT2D eigenvalue weighted by atomic mass is 10.1. The van der Waals surface area contributed by atoms with Gasteiger partial charge in [-0.3, -0.25) is 4.79 Å². The predicted octanol–water partition coefficient (Wildman–Crippen LogP) is 2.01. The summed E-state index contributed by atoms with van der Waals surface area (Å²) in [6, 6.07) is 17.5. The van der Waals surface area contributed by atoms with Crippen molar-refractivity contribution in [3.05, 3.63) is 60.2 Å². The minimum absolute atomic E-state index is 0.106. The summed E-state index contributed by atoms with van der Waals surface area (Å²) in [5.41, 5.74) is 8.08. The summed E-state index contributed by atoms with van der Waals surface area (Å²) in [7, 11) is 0. The number of aromatic nitrogens is 4. The van der Waals surface area contributed by atoms with Crippen LogP contribution in [0.3, 0.4) is 0 Å². The van der Waals surface area contributed by atoms with Gasteiger partial charge < -0.3 is 11.1 Å². The molecule has 7 heteroatoms. The van der Waals surface area contributed by atoms with Crippen molar-refractivity contribution in [2.45, 2.75) is 31.3 Å². The van der Waals surface area contributed by atoms with Crippen LogP contribution >= 0.6 is 0 Å². The first-order chi connectivity index (χ1) is 12.6. The Balaban J connectivity index is 1.33. The number of nitrogens with zero attached hydrogens (tertiary/aromatic N) is 4. The molecule has 0 spiro atoms. The van der Waals surface area contributed by atoms with Crippen LogP contribution in [0, 0.1) is 0 Å². The van der Waals surface area contributed by atoms with Gasteiger partial charge in [-0.25, -0.2) is 0 Å². The summed E-state index contributed by atoms with van der Waals surface area (Å²) < 4.78 is 0. The van der Waals surface area contributed by atoms with E-state index in [0.29, 0.717) is 12.4 Å². The second kappa shape index (κ2) is 6.68. The Morgan fingerprint density at radius 2 is 1.85 bits per heavy atom. The Hall–Kier alpha value is -3.06. The molecule has 0 saturated heterocycles. The average Bonchev–Trinajstić information content (AvgIpc) is 3.26. The molecule has 1 aromatic heterocycles. The Kier molecular flexibility index (Phi) is 4.22. The van der Waals surface area contributed by atoms with Crippen molar-refractivity contribution >= 4 is 11.6 Å². The van der Waals surface area contributed by atoms with Crippen LogP contribution in [0.5, 0.6) is 0 Å². The van der Waals surface area contributed by atoms with Crippen molar-refractivity contribution in [2.24, 2.45) is 5.73 Å². The lowest BCUT2D eigenvalue weighted by Gasteiger charge is -2.10. The third-order valence-electron chi connectivity index (χ3n) is 4.54. The van der Waals surface area contributed by atoms with Crippen LogP contribution in [0.15, 0.2) is 54.6 Å². The number of rotatable bonds is 6. The van der Waals surface area contributed by atoms with Gasteiger partial charge in [-0.1, -0.05) is 42.5 Å². The zero-order chi connectivity index (χ0) is 18.0. The van der Waals surface area contributed by atoms with E-state index in [4.69, 9.17) is 5.73 Å².